The molecule has 0 N–H and O–H groups in total. The maximum absolute atomic E-state index is 13.7. The van der Waals surface area contributed by atoms with E-state index in [1.54, 1.807) is 22.4 Å². The van der Waals surface area contributed by atoms with Crippen LogP contribution in [-0.2, 0) is 0 Å². The second kappa shape index (κ2) is 8.51. The Kier molecular flexibility index (Phi) is 5.54. The second-order valence-electron chi connectivity index (χ2n) is 8.44. The molecule has 0 saturated carbocycles. The van der Waals surface area contributed by atoms with Crippen molar-refractivity contribution in [3.8, 4) is 22.8 Å². The van der Waals surface area contributed by atoms with Gasteiger partial charge < -0.3 is 14.4 Å². The van der Waals surface area contributed by atoms with Gasteiger partial charge in [-0.3, -0.25) is 4.79 Å². The van der Waals surface area contributed by atoms with E-state index in [2.05, 4.69) is 25.0 Å². The van der Waals surface area contributed by atoms with Crippen LogP contribution in [0, 0.1) is 0 Å². The van der Waals surface area contributed by atoms with Crippen molar-refractivity contribution in [2.75, 3.05) is 20.3 Å². The molecule has 1 unspecified atom stereocenters. The van der Waals surface area contributed by atoms with E-state index < -0.39 is 0 Å². The van der Waals surface area contributed by atoms with Crippen LogP contribution in [0.3, 0.4) is 0 Å². The molecule has 1 aromatic carbocycles. The van der Waals surface area contributed by atoms with Crippen molar-refractivity contribution in [1.82, 2.24) is 19.7 Å². The van der Waals surface area contributed by atoms with Gasteiger partial charge in [-0.25, -0.2) is 9.67 Å². The zero-order valence-electron chi connectivity index (χ0n) is 19.1. The van der Waals surface area contributed by atoms with Gasteiger partial charge in [0.1, 0.15) is 13.2 Å². The molecule has 0 bridgehead atoms. The van der Waals surface area contributed by atoms with Crippen LogP contribution >= 0.6 is 11.3 Å². The van der Waals surface area contributed by atoms with Gasteiger partial charge in [0.05, 0.1) is 28.9 Å². The highest BCUT2D eigenvalue weighted by atomic mass is 32.1. The van der Waals surface area contributed by atoms with Gasteiger partial charge in [-0.05, 0) is 56.5 Å². The number of benzene rings is 1. The minimum absolute atomic E-state index is 0.0430. The first-order valence-electron chi connectivity index (χ1n) is 11.0. The van der Waals surface area contributed by atoms with E-state index in [1.807, 2.05) is 54.4 Å². The van der Waals surface area contributed by atoms with Crippen molar-refractivity contribution >= 4 is 28.3 Å². The molecule has 4 heterocycles. The number of hydrogen-bond acceptors (Lipinski definition) is 6. The topological polar surface area (TPSA) is 69.5 Å². The SMILES string of the molecule is CC(c1cccs1)N(C)C(=O)c1cc(-c2ccc3c(c2)OCCO3)nc2c1cnn2C(C)C. The van der Waals surface area contributed by atoms with Crippen molar-refractivity contribution in [1.29, 1.82) is 0 Å². The van der Waals surface area contributed by atoms with Gasteiger partial charge in [-0.2, -0.15) is 5.10 Å². The highest BCUT2D eigenvalue weighted by Crippen LogP contribution is 2.36. The van der Waals surface area contributed by atoms with Crippen molar-refractivity contribution in [2.45, 2.75) is 32.9 Å². The molecule has 0 saturated heterocycles. The lowest BCUT2D eigenvalue weighted by atomic mass is 10.0. The summed E-state index contributed by atoms with van der Waals surface area (Å²) in [5, 5.41) is 7.32. The third-order valence-corrected chi connectivity index (χ3v) is 7.02. The van der Waals surface area contributed by atoms with E-state index >= 15 is 0 Å². The predicted molar refractivity (Wildman–Crippen MR) is 129 cm³/mol. The maximum Gasteiger partial charge on any atom is 0.255 e. The van der Waals surface area contributed by atoms with Gasteiger partial charge >= 0.3 is 0 Å². The van der Waals surface area contributed by atoms with Crippen LogP contribution in [0.5, 0.6) is 11.5 Å². The lowest BCUT2D eigenvalue weighted by Gasteiger charge is -2.25. The van der Waals surface area contributed by atoms with Gasteiger partial charge in [-0.1, -0.05) is 6.07 Å². The Bertz CT molecular complexity index is 1310. The normalized spacial score (nSPS) is 14.0. The van der Waals surface area contributed by atoms with Crippen LogP contribution < -0.4 is 9.47 Å². The number of carbonyl (C=O) groups excluding carboxylic acids is 1. The molecule has 0 fully saturated rings. The smallest absolute Gasteiger partial charge is 0.255 e. The van der Waals surface area contributed by atoms with Crippen LogP contribution in [0.1, 0.15) is 48.1 Å². The largest absolute Gasteiger partial charge is 0.486 e. The van der Waals surface area contributed by atoms with E-state index in [1.165, 1.54) is 0 Å². The number of rotatable bonds is 5. The second-order valence-corrected chi connectivity index (χ2v) is 9.42. The van der Waals surface area contributed by atoms with E-state index in [4.69, 9.17) is 14.5 Å². The average molecular weight is 463 g/mol. The Hall–Kier alpha value is -3.39. The number of hydrogen-bond donors (Lipinski definition) is 0. The summed E-state index contributed by atoms with van der Waals surface area (Å²) in [6, 6.07) is 11.7. The zero-order valence-corrected chi connectivity index (χ0v) is 19.9. The monoisotopic (exact) mass is 462 g/mol. The summed E-state index contributed by atoms with van der Waals surface area (Å²) in [6.45, 7) is 7.20. The zero-order chi connectivity index (χ0) is 23.1. The molecule has 1 amide bonds. The van der Waals surface area contributed by atoms with Crippen LogP contribution in [0.25, 0.3) is 22.3 Å². The molecule has 3 aromatic heterocycles. The lowest BCUT2D eigenvalue weighted by molar-refractivity contribution is 0.0747. The summed E-state index contributed by atoms with van der Waals surface area (Å²) in [6.07, 6.45) is 1.74. The van der Waals surface area contributed by atoms with Crippen molar-refractivity contribution < 1.29 is 14.3 Å². The Balaban J connectivity index is 1.63. The van der Waals surface area contributed by atoms with Gasteiger partial charge in [-0.15, -0.1) is 11.3 Å². The number of amides is 1. The highest BCUT2D eigenvalue weighted by Gasteiger charge is 2.25. The number of aromatic nitrogens is 3. The van der Waals surface area contributed by atoms with E-state index in [0.29, 0.717) is 35.9 Å². The summed E-state index contributed by atoms with van der Waals surface area (Å²) in [7, 11) is 1.84. The summed E-state index contributed by atoms with van der Waals surface area (Å²) < 4.78 is 13.3. The van der Waals surface area contributed by atoms with Gasteiger partial charge in [0, 0.05) is 23.5 Å². The van der Waals surface area contributed by atoms with Gasteiger partial charge in [0.2, 0.25) is 0 Å². The van der Waals surface area contributed by atoms with Crippen LogP contribution in [-0.4, -0.2) is 45.8 Å². The Labute approximate surface area is 196 Å². The summed E-state index contributed by atoms with van der Waals surface area (Å²) >= 11 is 1.65. The fourth-order valence-corrected chi connectivity index (χ4v) is 4.84. The number of ether oxygens (including phenoxy) is 2. The molecule has 4 aromatic rings. The number of thiophene rings is 1. The van der Waals surface area contributed by atoms with E-state index in [0.717, 1.165) is 21.6 Å². The van der Waals surface area contributed by atoms with Crippen molar-refractivity contribution in [3.63, 3.8) is 0 Å². The number of fused-ring (bicyclic) bond motifs is 2. The maximum atomic E-state index is 13.7. The minimum Gasteiger partial charge on any atom is -0.486 e. The van der Waals surface area contributed by atoms with Gasteiger partial charge in [0.25, 0.3) is 5.91 Å². The molecular weight excluding hydrogens is 436 g/mol. The Morgan fingerprint density at radius 1 is 1.12 bits per heavy atom. The molecule has 8 heteroatoms. The lowest BCUT2D eigenvalue weighted by Crippen LogP contribution is -2.29. The summed E-state index contributed by atoms with van der Waals surface area (Å²) in [5.74, 6) is 1.35. The molecule has 1 aliphatic rings. The van der Waals surface area contributed by atoms with Crippen LogP contribution in [0.2, 0.25) is 0 Å². The Morgan fingerprint density at radius 3 is 2.64 bits per heavy atom. The quantitative estimate of drug-likeness (QED) is 0.400. The molecule has 170 valence electrons. The third-order valence-electron chi connectivity index (χ3n) is 5.98. The van der Waals surface area contributed by atoms with Crippen molar-refractivity contribution in [3.05, 3.63) is 58.4 Å². The van der Waals surface area contributed by atoms with Crippen LogP contribution in [0.15, 0.2) is 48.0 Å². The minimum atomic E-state index is -0.0644. The number of carbonyl (C=O) groups is 1. The first-order valence-corrected chi connectivity index (χ1v) is 11.9. The van der Waals surface area contributed by atoms with Crippen molar-refractivity contribution in [2.24, 2.45) is 0 Å². The molecule has 1 aliphatic heterocycles. The van der Waals surface area contributed by atoms with Crippen LogP contribution in [0.4, 0.5) is 0 Å². The molecular formula is C25H26N4O3S. The first kappa shape index (κ1) is 21.5. The average Bonchev–Trinajstić information content (AvgIpc) is 3.52. The number of nitrogens with zero attached hydrogens (tertiary/aromatic N) is 4. The molecule has 1 atom stereocenters. The summed E-state index contributed by atoms with van der Waals surface area (Å²) in [5.41, 5.74) is 2.84. The predicted octanol–water partition coefficient (Wildman–Crippen LogP) is 5.35. The molecule has 0 radical (unpaired) electrons. The van der Waals surface area contributed by atoms with E-state index in [-0.39, 0.29) is 18.0 Å². The fourth-order valence-electron chi connectivity index (χ4n) is 4.01. The number of pyridine rings is 1. The highest BCUT2D eigenvalue weighted by molar-refractivity contribution is 7.10. The summed E-state index contributed by atoms with van der Waals surface area (Å²) in [4.78, 5) is 21.5. The van der Waals surface area contributed by atoms with Gasteiger partial charge in [0.15, 0.2) is 17.1 Å². The fraction of sp³-hybridized carbons (Fsp3) is 0.320. The Morgan fingerprint density at radius 2 is 1.91 bits per heavy atom. The molecule has 0 spiro atoms. The molecule has 5 rings (SSSR count). The van der Waals surface area contributed by atoms with E-state index in [9.17, 15) is 4.79 Å². The first-order chi connectivity index (χ1) is 15.9. The third kappa shape index (κ3) is 3.84. The molecule has 33 heavy (non-hydrogen) atoms. The molecule has 0 aliphatic carbocycles. The molecule has 7 nitrogen and oxygen atoms in total. The standard InChI is InChI=1S/C25H26N4O3S/c1-15(2)29-24-19(14-26-29)18(25(30)28(4)16(3)23-6-5-11-33-23)13-20(27-24)17-7-8-21-22(12-17)32-10-9-31-21/h5-8,11-16H,9-10H2,1-4H3.